The molecule has 1 aliphatic heterocycles. The Morgan fingerprint density at radius 1 is 1.32 bits per heavy atom. The molecule has 3 rings (SSSR count). The molecule has 25 heavy (non-hydrogen) atoms. The van der Waals surface area contributed by atoms with Gasteiger partial charge < -0.3 is 11.1 Å². The van der Waals surface area contributed by atoms with Crippen LogP contribution in [0.2, 0.25) is 0 Å². The topological polar surface area (TPSA) is 71.2 Å². The lowest BCUT2D eigenvalue weighted by Gasteiger charge is -2.31. The average Bonchev–Trinajstić information content (AvgIpc) is 3.25. The number of carbonyl (C=O) groups excluding carboxylic acids is 1. The van der Waals surface area contributed by atoms with Crippen LogP contribution in [-0.4, -0.2) is 35.4 Å². The second-order valence-electron chi connectivity index (χ2n) is 5.84. The molecule has 0 spiro atoms. The largest absolute Gasteiger partial charge is 0.350 e. The number of hydrogen-bond donors (Lipinski definition) is 2. The molecule has 0 unspecified atom stereocenters. The van der Waals surface area contributed by atoms with Gasteiger partial charge in [0.25, 0.3) is 5.91 Å². The van der Waals surface area contributed by atoms with Gasteiger partial charge in [0.15, 0.2) is 0 Å². The molecule has 1 saturated heterocycles. The standard InChI is InChI=1S/C16H22N4OS2.2ClH/c17-8-15-19-14(11-23-15)16(21)18-9-12-3-5-20(6-4-12)10-13-2-1-7-22-13;;/h1-2,7,11-12H,3-6,8-10,17H2,(H,18,21);2*1H. The smallest absolute Gasteiger partial charge is 0.270 e. The van der Waals surface area contributed by atoms with E-state index in [0.29, 0.717) is 18.2 Å². The molecule has 140 valence electrons. The van der Waals surface area contributed by atoms with Crippen LogP contribution < -0.4 is 11.1 Å². The third-order valence-corrected chi connectivity index (χ3v) is 5.91. The second-order valence-corrected chi connectivity index (χ2v) is 7.81. The van der Waals surface area contributed by atoms with E-state index in [1.807, 2.05) is 11.3 Å². The number of halogens is 2. The maximum absolute atomic E-state index is 12.1. The van der Waals surface area contributed by atoms with Crippen molar-refractivity contribution in [1.29, 1.82) is 0 Å². The summed E-state index contributed by atoms with van der Waals surface area (Å²) in [5.41, 5.74) is 6.02. The molecule has 0 aliphatic carbocycles. The number of nitrogens with zero attached hydrogens (tertiary/aromatic N) is 2. The van der Waals surface area contributed by atoms with E-state index in [1.54, 1.807) is 5.38 Å². The molecule has 0 bridgehead atoms. The summed E-state index contributed by atoms with van der Waals surface area (Å²) in [4.78, 5) is 20.2. The number of aromatic nitrogens is 1. The van der Waals surface area contributed by atoms with Gasteiger partial charge in [0.1, 0.15) is 10.7 Å². The van der Waals surface area contributed by atoms with Gasteiger partial charge in [0, 0.05) is 29.9 Å². The molecular formula is C16H24Cl2N4OS2. The molecule has 0 aromatic carbocycles. The lowest BCUT2D eigenvalue weighted by molar-refractivity contribution is 0.0931. The molecule has 3 N–H and O–H groups in total. The SMILES string of the molecule is Cl.Cl.NCc1nc(C(=O)NCC2CCN(Cc3cccs3)CC2)cs1. The highest BCUT2D eigenvalue weighted by molar-refractivity contribution is 7.10. The Kier molecular flexibility index (Phi) is 9.92. The highest BCUT2D eigenvalue weighted by Gasteiger charge is 2.20. The summed E-state index contributed by atoms with van der Waals surface area (Å²) in [7, 11) is 0. The number of rotatable bonds is 6. The van der Waals surface area contributed by atoms with E-state index < -0.39 is 0 Å². The number of carbonyl (C=O) groups is 1. The number of piperidine rings is 1. The van der Waals surface area contributed by atoms with Crippen LogP contribution >= 0.6 is 47.5 Å². The van der Waals surface area contributed by atoms with Crippen LogP contribution in [0.5, 0.6) is 0 Å². The van der Waals surface area contributed by atoms with E-state index in [4.69, 9.17) is 5.73 Å². The Bertz CT molecular complexity index is 628. The maximum Gasteiger partial charge on any atom is 0.270 e. The number of amides is 1. The molecule has 2 aromatic rings. The van der Waals surface area contributed by atoms with Crippen molar-refractivity contribution in [3.8, 4) is 0 Å². The summed E-state index contributed by atoms with van der Waals surface area (Å²) in [5.74, 6) is 0.480. The average molecular weight is 423 g/mol. The molecule has 0 atom stereocenters. The normalized spacial score (nSPS) is 15.2. The lowest BCUT2D eigenvalue weighted by atomic mass is 9.96. The van der Waals surface area contributed by atoms with Crippen molar-refractivity contribution < 1.29 is 4.79 Å². The fraction of sp³-hybridized carbons (Fsp3) is 0.500. The number of nitrogens with two attached hydrogens (primary N) is 1. The molecule has 0 radical (unpaired) electrons. The van der Waals surface area contributed by atoms with Crippen LogP contribution in [0.3, 0.4) is 0 Å². The lowest BCUT2D eigenvalue weighted by Crippen LogP contribution is -2.38. The van der Waals surface area contributed by atoms with Crippen molar-refractivity contribution in [1.82, 2.24) is 15.2 Å². The maximum atomic E-state index is 12.1. The number of hydrogen-bond acceptors (Lipinski definition) is 6. The van der Waals surface area contributed by atoms with Crippen LogP contribution in [-0.2, 0) is 13.1 Å². The summed E-state index contributed by atoms with van der Waals surface area (Å²) in [6, 6.07) is 4.30. The minimum Gasteiger partial charge on any atom is -0.350 e. The van der Waals surface area contributed by atoms with Gasteiger partial charge in [-0.1, -0.05) is 6.07 Å². The first-order valence-corrected chi connectivity index (χ1v) is 9.68. The molecule has 0 saturated carbocycles. The van der Waals surface area contributed by atoms with Gasteiger partial charge in [-0.15, -0.1) is 47.5 Å². The molecular weight excluding hydrogens is 399 g/mol. The number of likely N-dealkylation sites (tertiary alicyclic amines) is 1. The number of nitrogens with one attached hydrogen (secondary N) is 1. The van der Waals surface area contributed by atoms with Crippen LogP contribution in [0, 0.1) is 5.92 Å². The Balaban J connectivity index is 0.00000156. The first-order chi connectivity index (χ1) is 11.2. The predicted molar refractivity (Wildman–Crippen MR) is 109 cm³/mol. The minimum absolute atomic E-state index is 0. The molecule has 5 nitrogen and oxygen atoms in total. The van der Waals surface area contributed by atoms with Crippen molar-refractivity contribution in [2.75, 3.05) is 19.6 Å². The zero-order chi connectivity index (χ0) is 16.1. The van der Waals surface area contributed by atoms with Crippen LogP contribution in [0.25, 0.3) is 0 Å². The van der Waals surface area contributed by atoms with Crippen molar-refractivity contribution >= 4 is 53.4 Å². The van der Waals surface area contributed by atoms with E-state index in [0.717, 1.165) is 44.0 Å². The molecule has 1 aliphatic rings. The third kappa shape index (κ3) is 6.51. The van der Waals surface area contributed by atoms with Gasteiger partial charge in [0.2, 0.25) is 0 Å². The summed E-state index contributed by atoms with van der Waals surface area (Å²) in [5, 5.41) is 7.73. The molecule has 2 aromatic heterocycles. The molecule has 1 amide bonds. The highest BCUT2D eigenvalue weighted by atomic mass is 35.5. The zero-order valence-corrected chi connectivity index (χ0v) is 17.1. The van der Waals surface area contributed by atoms with Gasteiger partial charge in [-0.3, -0.25) is 9.69 Å². The van der Waals surface area contributed by atoms with Gasteiger partial charge in [0.05, 0.1) is 0 Å². The minimum atomic E-state index is -0.0815. The van der Waals surface area contributed by atoms with Crippen molar-refractivity contribution in [2.24, 2.45) is 11.7 Å². The Morgan fingerprint density at radius 3 is 2.68 bits per heavy atom. The monoisotopic (exact) mass is 422 g/mol. The van der Waals surface area contributed by atoms with Crippen molar-refractivity contribution in [3.05, 3.63) is 38.5 Å². The molecule has 1 fully saturated rings. The number of thiophene rings is 1. The summed E-state index contributed by atoms with van der Waals surface area (Å²) in [6.07, 6.45) is 2.27. The Labute approximate surface area is 168 Å². The summed E-state index contributed by atoms with van der Waals surface area (Å²) >= 11 is 3.26. The fourth-order valence-corrected chi connectivity index (χ4v) is 4.21. The van der Waals surface area contributed by atoms with Crippen molar-refractivity contribution in [2.45, 2.75) is 25.9 Å². The van der Waals surface area contributed by atoms with E-state index >= 15 is 0 Å². The van der Waals surface area contributed by atoms with Gasteiger partial charge >= 0.3 is 0 Å². The van der Waals surface area contributed by atoms with Crippen LogP contribution in [0.1, 0.15) is 33.2 Å². The summed E-state index contributed by atoms with van der Waals surface area (Å²) in [6.45, 7) is 4.39. The molecule has 3 heterocycles. The van der Waals surface area contributed by atoms with E-state index in [-0.39, 0.29) is 30.7 Å². The van der Waals surface area contributed by atoms with E-state index in [9.17, 15) is 4.79 Å². The highest BCUT2D eigenvalue weighted by Crippen LogP contribution is 2.20. The quantitative estimate of drug-likeness (QED) is 0.749. The first-order valence-electron chi connectivity index (χ1n) is 7.92. The first kappa shape index (κ1) is 22.3. The fourth-order valence-electron chi connectivity index (χ4n) is 2.81. The van der Waals surface area contributed by atoms with Crippen LogP contribution in [0.4, 0.5) is 0 Å². The summed E-state index contributed by atoms with van der Waals surface area (Å²) < 4.78 is 0. The van der Waals surface area contributed by atoms with Crippen molar-refractivity contribution in [3.63, 3.8) is 0 Å². The Morgan fingerprint density at radius 2 is 2.08 bits per heavy atom. The van der Waals surface area contributed by atoms with Gasteiger partial charge in [-0.05, 0) is 43.3 Å². The van der Waals surface area contributed by atoms with Gasteiger partial charge in [-0.2, -0.15) is 0 Å². The van der Waals surface area contributed by atoms with E-state index in [1.165, 1.54) is 16.2 Å². The zero-order valence-electron chi connectivity index (χ0n) is 13.8. The second kappa shape index (κ2) is 11.1. The third-order valence-electron chi connectivity index (χ3n) is 4.18. The predicted octanol–water partition coefficient (Wildman–Crippen LogP) is 3.15. The van der Waals surface area contributed by atoms with Gasteiger partial charge in [-0.25, -0.2) is 4.98 Å². The molecule has 9 heteroatoms. The van der Waals surface area contributed by atoms with Crippen LogP contribution in [0.15, 0.2) is 22.9 Å². The Hall–Kier alpha value is -0.700. The van der Waals surface area contributed by atoms with E-state index in [2.05, 4.69) is 32.7 Å². The number of thiazole rings is 1.